The van der Waals surface area contributed by atoms with Gasteiger partial charge in [0.2, 0.25) is 0 Å². The molecule has 3 N–H and O–H groups in total. The van der Waals surface area contributed by atoms with Crippen molar-refractivity contribution in [3.8, 4) is 5.75 Å². The highest BCUT2D eigenvalue weighted by atomic mass is 35.5. The number of aromatic amines is 1. The zero-order valence-corrected chi connectivity index (χ0v) is 15.2. The summed E-state index contributed by atoms with van der Waals surface area (Å²) in [5.41, 5.74) is 0.307. The lowest BCUT2D eigenvalue weighted by Gasteiger charge is -2.33. The number of H-pyrrole nitrogens is 1. The number of benzene rings is 1. The minimum Gasteiger partial charge on any atom is -0.506 e. The van der Waals surface area contributed by atoms with Crippen LogP contribution in [0.1, 0.15) is 5.56 Å². The van der Waals surface area contributed by atoms with E-state index in [0.717, 1.165) is 39.3 Å². The molecule has 8 heteroatoms. The highest BCUT2D eigenvalue weighted by molar-refractivity contribution is 6.31. The highest BCUT2D eigenvalue weighted by Gasteiger charge is 2.15. The van der Waals surface area contributed by atoms with Crippen LogP contribution in [-0.2, 0) is 0 Å². The molecule has 3 rings (SSSR count). The number of aromatic nitrogens is 1. The van der Waals surface area contributed by atoms with Crippen LogP contribution in [-0.4, -0.2) is 83.6 Å². The Morgan fingerprint density at radius 1 is 1.19 bits per heavy atom. The van der Waals surface area contributed by atoms with Gasteiger partial charge in [-0.2, -0.15) is 0 Å². The summed E-state index contributed by atoms with van der Waals surface area (Å²) >= 11 is 5.97. The van der Waals surface area contributed by atoms with Crippen LogP contribution < -0.4 is 5.56 Å². The topological polar surface area (TPSA) is 92.2 Å². The lowest BCUT2D eigenvalue weighted by atomic mass is 10.1. The second-order valence-corrected chi connectivity index (χ2v) is 6.78. The van der Waals surface area contributed by atoms with Gasteiger partial charge >= 0.3 is 0 Å². The summed E-state index contributed by atoms with van der Waals surface area (Å²) in [4.78, 5) is 23.7. The van der Waals surface area contributed by atoms with Crippen LogP contribution >= 0.6 is 11.6 Å². The summed E-state index contributed by atoms with van der Waals surface area (Å²) < 4.78 is 0. The molecule has 0 radical (unpaired) electrons. The highest BCUT2D eigenvalue weighted by Crippen LogP contribution is 2.26. The second kappa shape index (κ2) is 8.64. The Labute approximate surface area is 156 Å². The fourth-order valence-corrected chi connectivity index (χ4v) is 3.29. The van der Waals surface area contributed by atoms with Crippen LogP contribution in [0.5, 0.6) is 5.75 Å². The number of aliphatic hydroxyl groups is 1. The molecule has 0 bridgehead atoms. The standard InChI is InChI=1S/C18H23ClN4O3/c19-13-1-2-16-14(11-13)17(25)15(18(26)21-16)12-20-3-4-22-5-7-23(8-6-22)9-10-24/h1-2,11-12,24H,3-10H2,(H2,21,25,26). The first-order valence-corrected chi connectivity index (χ1v) is 9.06. The van der Waals surface area contributed by atoms with E-state index in [1.807, 2.05) is 0 Å². The molecule has 1 aliphatic heterocycles. The molecule has 1 aromatic carbocycles. The van der Waals surface area contributed by atoms with Crippen molar-refractivity contribution in [2.24, 2.45) is 4.99 Å². The maximum Gasteiger partial charge on any atom is 0.261 e. The van der Waals surface area contributed by atoms with Crippen molar-refractivity contribution in [1.29, 1.82) is 0 Å². The van der Waals surface area contributed by atoms with Crippen LogP contribution in [0.25, 0.3) is 10.9 Å². The zero-order chi connectivity index (χ0) is 18.5. The number of aliphatic imine (C=N–C) groups is 1. The number of pyridine rings is 1. The normalized spacial score (nSPS) is 16.7. The minimum absolute atomic E-state index is 0.104. The van der Waals surface area contributed by atoms with Crippen LogP contribution in [0.15, 0.2) is 28.0 Å². The third-order valence-electron chi connectivity index (χ3n) is 4.63. The molecule has 0 atom stereocenters. The number of fused-ring (bicyclic) bond motifs is 1. The molecule has 1 saturated heterocycles. The SMILES string of the molecule is O=c1[nH]c2ccc(Cl)cc2c(O)c1C=NCCN1CCN(CCO)CC1. The van der Waals surface area contributed by atoms with Gasteiger partial charge in [-0.3, -0.25) is 19.6 Å². The summed E-state index contributed by atoms with van der Waals surface area (Å²) in [6, 6.07) is 4.94. The van der Waals surface area contributed by atoms with Crippen LogP contribution in [0.2, 0.25) is 5.02 Å². The molecule has 0 saturated carbocycles. The van der Waals surface area contributed by atoms with Gasteiger partial charge in [-0.1, -0.05) is 11.6 Å². The van der Waals surface area contributed by atoms with Crippen molar-refractivity contribution in [2.75, 3.05) is 52.4 Å². The van der Waals surface area contributed by atoms with Gasteiger partial charge in [0.05, 0.1) is 24.2 Å². The summed E-state index contributed by atoms with van der Waals surface area (Å²) in [5.74, 6) is -0.104. The molecule has 26 heavy (non-hydrogen) atoms. The third-order valence-corrected chi connectivity index (χ3v) is 4.87. The predicted molar refractivity (Wildman–Crippen MR) is 104 cm³/mol. The minimum atomic E-state index is -0.376. The van der Waals surface area contributed by atoms with Crippen LogP contribution in [0.3, 0.4) is 0 Å². The van der Waals surface area contributed by atoms with E-state index < -0.39 is 0 Å². The summed E-state index contributed by atoms with van der Waals surface area (Å²) in [5, 5.41) is 20.3. The van der Waals surface area contributed by atoms with E-state index >= 15 is 0 Å². The van der Waals surface area contributed by atoms with E-state index in [4.69, 9.17) is 16.7 Å². The average Bonchev–Trinajstić information content (AvgIpc) is 2.63. The fourth-order valence-electron chi connectivity index (χ4n) is 3.12. The molecule has 1 aromatic heterocycles. The molecule has 0 spiro atoms. The fraction of sp³-hybridized carbons (Fsp3) is 0.444. The van der Waals surface area contributed by atoms with E-state index in [0.29, 0.717) is 22.5 Å². The Bertz CT molecular complexity index is 844. The average molecular weight is 379 g/mol. The number of nitrogens with one attached hydrogen (secondary N) is 1. The summed E-state index contributed by atoms with van der Waals surface area (Å²) in [6.07, 6.45) is 1.43. The van der Waals surface area contributed by atoms with Gasteiger partial charge in [-0.25, -0.2) is 0 Å². The number of halogens is 1. The molecular formula is C18H23ClN4O3. The molecule has 7 nitrogen and oxygen atoms in total. The molecule has 0 unspecified atom stereocenters. The number of piperazine rings is 1. The van der Waals surface area contributed by atoms with Gasteiger partial charge in [0.25, 0.3) is 5.56 Å². The van der Waals surface area contributed by atoms with E-state index in [9.17, 15) is 9.90 Å². The number of aromatic hydroxyl groups is 1. The van der Waals surface area contributed by atoms with Gasteiger partial charge < -0.3 is 15.2 Å². The molecule has 2 aromatic rings. The van der Waals surface area contributed by atoms with Crippen LogP contribution in [0, 0.1) is 0 Å². The van der Waals surface area contributed by atoms with Crippen molar-refractivity contribution in [3.63, 3.8) is 0 Å². The predicted octanol–water partition coefficient (Wildman–Crippen LogP) is 0.916. The van der Waals surface area contributed by atoms with Gasteiger partial charge in [-0.05, 0) is 18.2 Å². The molecule has 2 heterocycles. The number of β-amino-alcohol motifs (C(OH)–C–C–N with tert-alkyl or cyclic N) is 1. The number of hydrogen-bond donors (Lipinski definition) is 3. The maximum atomic E-state index is 12.2. The molecular weight excluding hydrogens is 356 g/mol. The number of nitrogens with zero attached hydrogens (tertiary/aromatic N) is 3. The van der Waals surface area contributed by atoms with Crippen molar-refractivity contribution in [1.82, 2.24) is 14.8 Å². The zero-order valence-electron chi connectivity index (χ0n) is 14.5. The molecule has 140 valence electrons. The number of hydrogen-bond acceptors (Lipinski definition) is 6. The monoisotopic (exact) mass is 378 g/mol. The lowest BCUT2D eigenvalue weighted by Crippen LogP contribution is -2.47. The maximum absolute atomic E-state index is 12.2. The Balaban J connectivity index is 1.61. The largest absolute Gasteiger partial charge is 0.506 e. The number of rotatable bonds is 6. The molecule has 0 aliphatic carbocycles. The van der Waals surface area contributed by atoms with E-state index in [-0.39, 0.29) is 23.5 Å². The quantitative estimate of drug-likeness (QED) is 0.650. The first-order chi connectivity index (χ1) is 12.6. The summed E-state index contributed by atoms with van der Waals surface area (Å²) in [7, 11) is 0. The second-order valence-electron chi connectivity index (χ2n) is 6.35. The smallest absolute Gasteiger partial charge is 0.261 e. The summed E-state index contributed by atoms with van der Waals surface area (Å²) in [6.45, 7) is 6.02. The molecule has 1 aliphatic rings. The molecule has 0 amide bonds. The Morgan fingerprint density at radius 2 is 1.88 bits per heavy atom. The van der Waals surface area contributed by atoms with E-state index in [2.05, 4.69) is 19.8 Å². The lowest BCUT2D eigenvalue weighted by molar-refractivity contribution is 0.115. The van der Waals surface area contributed by atoms with Crippen molar-refractivity contribution in [3.05, 3.63) is 39.1 Å². The van der Waals surface area contributed by atoms with Crippen LogP contribution in [0.4, 0.5) is 0 Å². The third kappa shape index (κ3) is 4.42. The van der Waals surface area contributed by atoms with Crippen molar-refractivity contribution in [2.45, 2.75) is 0 Å². The Hall–Kier alpha value is -1.93. The van der Waals surface area contributed by atoms with Gasteiger partial charge in [0.15, 0.2) is 0 Å². The number of aliphatic hydroxyl groups excluding tert-OH is 1. The first-order valence-electron chi connectivity index (χ1n) is 8.68. The van der Waals surface area contributed by atoms with Crippen molar-refractivity contribution >= 4 is 28.7 Å². The Morgan fingerprint density at radius 3 is 2.58 bits per heavy atom. The van der Waals surface area contributed by atoms with E-state index in [1.165, 1.54) is 6.21 Å². The van der Waals surface area contributed by atoms with E-state index in [1.54, 1.807) is 18.2 Å². The first kappa shape index (κ1) is 18.8. The van der Waals surface area contributed by atoms with Crippen molar-refractivity contribution < 1.29 is 10.2 Å². The van der Waals surface area contributed by atoms with Gasteiger partial charge in [0, 0.05) is 55.9 Å². The van der Waals surface area contributed by atoms with Gasteiger partial charge in [0.1, 0.15) is 5.75 Å². The Kier molecular flexibility index (Phi) is 6.26. The van der Waals surface area contributed by atoms with Gasteiger partial charge in [-0.15, -0.1) is 0 Å². The molecule has 1 fully saturated rings.